The predicted molar refractivity (Wildman–Crippen MR) is 79.5 cm³/mol. The van der Waals surface area contributed by atoms with Gasteiger partial charge in [-0.1, -0.05) is 15.9 Å². The highest BCUT2D eigenvalue weighted by Crippen LogP contribution is 2.24. The van der Waals surface area contributed by atoms with Crippen molar-refractivity contribution in [3.05, 3.63) is 50.7 Å². The van der Waals surface area contributed by atoms with Crippen molar-refractivity contribution in [2.45, 2.75) is 13.1 Å². The van der Waals surface area contributed by atoms with Gasteiger partial charge in [0.2, 0.25) is 5.91 Å². The van der Waals surface area contributed by atoms with Crippen LogP contribution in [-0.2, 0) is 17.9 Å². The Morgan fingerprint density at radius 2 is 2.29 bits per heavy atom. The van der Waals surface area contributed by atoms with E-state index < -0.39 is 10.8 Å². The number of rotatable bonds is 6. The summed E-state index contributed by atoms with van der Waals surface area (Å²) in [4.78, 5) is 21.3. The molecule has 0 bridgehead atoms. The van der Waals surface area contributed by atoms with Gasteiger partial charge in [-0.2, -0.15) is 5.10 Å². The van der Waals surface area contributed by atoms with Crippen LogP contribution < -0.4 is 11.1 Å². The number of primary amides is 1. The van der Waals surface area contributed by atoms with E-state index in [1.54, 1.807) is 18.3 Å². The molecule has 2 aromatic rings. The molecule has 0 radical (unpaired) electrons. The number of carbonyl (C=O) groups excluding carboxylic acids is 1. The summed E-state index contributed by atoms with van der Waals surface area (Å²) in [5, 5.41) is 18.0. The number of nitro benzene ring substituents is 1. The highest BCUT2D eigenvalue weighted by atomic mass is 79.9. The summed E-state index contributed by atoms with van der Waals surface area (Å²) in [5.74, 6) is -0.492. The van der Waals surface area contributed by atoms with Crippen molar-refractivity contribution in [3.63, 3.8) is 0 Å². The van der Waals surface area contributed by atoms with E-state index >= 15 is 0 Å². The minimum absolute atomic E-state index is 0.0138. The van der Waals surface area contributed by atoms with Crippen molar-refractivity contribution < 1.29 is 9.72 Å². The van der Waals surface area contributed by atoms with Crippen LogP contribution in [0.3, 0.4) is 0 Å². The first-order valence-corrected chi connectivity index (χ1v) is 6.72. The molecule has 9 heteroatoms. The number of anilines is 1. The number of nitro groups is 1. The normalized spacial score (nSPS) is 10.3. The van der Waals surface area contributed by atoms with Crippen LogP contribution in [0.4, 0.5) is 11.4 Å². The third-order valence-electron chi connectivity index (χ3n) is 2.68. The van der Waals surface area contributed by atoms with Gasteiger partial charge in [0.25, 0.3) is 5.69 Å². The second-order valence-electron chi connectivity index (χ2n) is 4.28. The topological polar surface area (TPSA) is 116 Å². The smallest absolute Gasteiger partial charge is 0.275 e. The number of hydrogen-bond acceptors (Lipinski definition) is 5. The fourth-order valence-electron chi connectivity index (χ4n) is 1.75. The standard InChI is InChI=1S/C12H12BrN5O3/c13-9-2-1-8(11(3-9)18(20)21)4-15-10-5-16-17(6-10)7-12(14)19/h1-3,5-6,15H,4,7H2,(H2,14,19). The van der Waals surface area contributed by atoms with Crippen LogP contribution in [-0.4, -0.2) is 20.6 Å². The summed E-state index contributed by atoms with van der Waals surface area (Å²) in [5.41, 5.74) is 6.29. The quantitative estimate of drug-likeness (QED) is 0.604. The largest absolute Gasteiger partial charge is 0.378 e. The van der Waals surface area contributed by atoms with Gasteiger partial charge in [-0.05, 0) is 12.1 Å². The monoisotopic (exact) mass is 353 g/mol. The molecule has 1 aromatic carbocycles. The number of hydrogen-bond donors (Lipinski definition) is 2. The van der Waals surface area contributed by atoms with Gasteiger partial charge in [0.15, 0.2) is 0 Å². The minimum Gasteiger partial charge on any atom is -0.378 e. The van der Waals surface area contributed by atoms with Gasteiger partial charge >= 0.3 is 0 Å². The Balaban J connectivity index is 2.08. The lowest BCUT2D eigenvalue weighted by molar-refractivity contribution is -0.385. The molecule has 110 valence electrons. The zero-order valence-corrected chi connectivity index (χ0v) is 12.4. The molecule has 8 nitrogen and oxygen atoms in total. The van der Waals surface area contributed by atoms with Crippen molar-refractivity contribution >= 4 is 33.2 Å². The van der Waals surface area contributed by atoms with Crippen LogP contribution in [0.2, 0.25) is 0 Å². The van der Waals surface area contributed by atoms with Crippen LogP contribution in [0.1, 0.15) is 5.56 Å². The zero-order valence-electron chi connectivity index (χ0n) is 10.8. The van der Waals surface area contributed by atoms with E-state index in [1.807, 2.05) is 0 Å². The first kappa shape index (κ1) is 15.0. The van der Waals surface area contributed by atoms with Gasteiger partial charge < -0.3 is 11.1 Å². The van der Waals surface area contributed by atoms with Crippen LogP contribution in [0.5, 0.6) is 0 Å². The first-order chi connectivity index (χ1) is 9.95. The minimum atomic E-state index is -0.492. The number of halogens is 1. The molecule has 0 saturated heterocycles. The van der Waals surface area contributed by atoms with Gasteiger partial charge in [-0.25, -0.2) is 0 Å². The molecule has 0 unspecified atom stereocenters. The molecule has 0 aliphatic heterocycles. The molecule has 0 spiro atoms. The third kappa shape index (κ3) is 4.02. The van der Waals surface area contributed by atoms with Gasteiger partial charge in [-0.3, -0.25) is 19.6 Å². The van der Waals surface area contributed by atoms with Crippen LogP contribution >= 0.6 is 15.9 Å². The number of benzene rings is 1. The van der Waals surface area contributed by atoms with Crippen LogP contribution in [0.25, 0.3) is 0 Å². The molecule has 1 heterocycles. The van der Waals surface area contributed by atoms with Crippen molar-refractivity contribution in [1.29, 1.82) is 0 Å². The number of carbonyl (C=O) groups is 1. The number of amides is 1. The molecule has 0 aliphatic carbocycles. The summed E-state index contributed by atoms with van der Waals surface area (Å²) in [6.07, 6.45) is 3.13. The molecule has 0 aliphatic rings. The lowest BCUT2D eigenvalue weighted by Gasteiger charge is -2.05. The Labute approximate surface area is 128 Å². The number of nitrogens with two attached hydrogens (primary N) is 1. The van der Waals surface area contributed by atoms with Crippen molar-refractivity contribution in [3.8, 4) is 0 Å². The molecule has 3 N–H and O–H groups in total. The first-order valence-electron chi connectivity index (χ1n) is 5.93. The van der Waals surface area contributed by atoms with Crippen molar-refractivity contribution in [1.82, 2.24) is 9.78 Å². The fraction of sp³-hybridized carbons (Fsp3) is 0.167. The summed E-state index contributed by atoms with van der Waals surface area (Å²) in [6.45, 7) is 0.256. The van der Waals surface area contributed by atoms with Gasteiger partial charge in [0.1, 0.15) is 6.54 Å². The Bertz CT molecular complexity index is 685. The van der Waals surface area contributed by atoms with E-state index in [1.165, 1.54) is 16.9 Å². The van der Waals surface area contributed by atoms with E-state index in [9.17, 15) is 14.9 Å². The molecule has 0 saturated carbocycles. The van der Waals surface area contributed by atoms with Gasteiger partial charge in [0.05, 0.1) is 16.8 Å². The Hall–Kier alpha value is -2.42. The molecule has 0 fully saturated rings. The third-order valence-corrected chi connectivity index (χ3v) is 3.17. The summed E-state index contributed by atoms with van der Waals surface area (Å²) >= 11 is 3.20. The Morgan fingerprint density at radius 1 is 1.52 bits per heavy atom. The summed E-state index contributed by atoms with van der Waals surface area (Å²) < 4.78 is 2.04. The maximum absolute atomic E-state index is 11.0. The number of aromatic nitrogens is 2. The van der Waals surface area contributed by atoms with E-state index in [2.05, 4.69) is 26.3 Å². The van der Waals surface area contributed by atoms with Gasteiger partial charge in [0, 0.05) is 28.8 Å². The van der Waals surface area contributed by atoms with Crippen molar-refractivity contribution in [2.24, 2.45) is 5.73 Å². The summed E-state index contributed by atoms with van der Waals surface area (Å²) in [7, 11) is 0. The predicted octanol–water partition coefficient (Wildman–Crippen LogP) is 1.65. The second-order valence-corrected chi connectivity index (χ2v) is 5.19. The van der Waals surface area contributed by atoms with E-state index in [4.69, 9.17) is 5.73 Å². The van der Waals surface area contributed by atoms with Crippen molar-refractivity contribution in [2.75, 3.05) is 5.32 Å². The molecular weight excluding hydrogens is 342 g/mol. The molecule has 21 heavy (non-hydrogen) atoms. The molecule has 0 atom stereocenters. The summed E-state index contributed by atoms with van der Waals surface area (Å²) in [6, 6.07) is 4.86. The van der Waals surface area contributed by atoms with Gasteiger partial charge in [-0.15, -0.1) is 0 Å². The maximum atomic E-state index is 11.0. The second kappa shape index (κ2) is 6.35. The SMILES string of the molecule is NC(=O)Cn1cc(NCc2ccc(Br)cc2[N+](=O)[O-])cn1. The van der Waals surface area contributed by atoms with E-state index in [0.717, 1.165) is 0 Å². The lowest BCUT2D eigenvalue weighted by Crippen LogP contribution is -2.18. The molecule has 2 rings (SSSR count). The number of nitrogens with zero attached hydrogens (tertiary/aromatic N) is 3. The molecule has 1 amide bonds. The highest BCUT2D eigenvalue weighted by Gasteiger charge is 2.14. The number of nitrogens with one attached hydrogen (secondary N) is 1. The zero-order chi connectivity index (χ0) is 15.4. The Kier molecular flexibility index (Phi) is 4.53. The molecule has 1 aromatic heterocycles. The van der Waals surface area contributed by atoms with E-state index in [0.29, 0.717) is 15.7 Å². The highest BCUT2D eigenvalue weighted by molar-refractivity contribution is 9.10. The fourth-order valence-corrected chi connectivity index (χ4v) is 2.10. The van der Waals surface area contributed by atoms with E-state index in [-0.39, 0.29) is 18.8 Å². The average molecular weight is 354 g/mol. The molecular formula is C12H12BrN5O3. The average Bonchev–Trinajstić information content (AvgIpc) is 2.83. The Morgan fingerprint density at radius 3 is 2.95 bits per heavy atom. The van der Waals surface area contributed by atoms with Crippen LogP contribution in [0.15, 0.2) is 35.1 Å². The van der Waals surface area contributed by atoms with Crippen LogP contribution in [0, 0.1) is 10.1 Å². The lowest BCUT2D eigenvalue weighted by atomic mass is 10.2. The maximum Gasteiger partial charge on any atom is 0.275 e.